The zero-order chi connectivity index (χ0) is 19.1. The van der Waals surface area contributed by atoms with Gasteiger partial charge >= 0.3 is 0 Å². The maximum Gasteiger partial charge on any atom is 0.278 e. The molecule has 0 aliphatic heterocycles. The van der Waals surface area contributed by atoms with Crippen molar-refractivity contribution in [3.05, 3.63) is 88.2 Å². The van der Waals surface area contributed by atoms with Crippen LogP contribution in [0.25, 0.3) is 22.0 Å². The van der Waals surface area contributed by atoms with Crippen LogP contribution in [0.2, 0.25) is 0 Å². The fourth-order valence-electron chi connectivity index (χ4n) is 3.69. The van der Waals surface area contributed by atoms with Crippen molar-refractivity contribution in [3.63, 3.8) is 0 Å². The smallest absolute Gasteiger partial charge is 0.278 e. The molecule has 1 amide bonds. The lowest BCUT2D eigenvalue weighted by molar-refractivity contribution is -0.117. The minimum atomic E-state index is -0.329. The maximum absolute atomic E-state index is 12.5. The maximum atomic E-state index is 12.5. The molecule has 0 saturated heterocycles. The van der Waals surface area contributed by atoms with Crippen molar-refractivity contribution in [2.24, 2.45) is 0 Å². The second kappa shape index (κ2) is 6.42. The SMILES string of the molecule is O=C(Cn1nnc2ccccc2c1=O)Nc1ccc2c(c1)Cc1ccccc1-2. The molecule has 28 heavy (non-hydrogen) atoms. The van der Waals surface area contributed by atoms with Crippen molar-refractivity contribution in [1.82, 2.24) is 15.0 Å². The van der Waals surface area contributed by atoms with Gasteiger partial charge in [-0.3, -0.25) is 9.59 Å². The largest absolute Gasteiger partial charge is 0.324 e. The Morgan fingerprint density at radius 2 is 1.75 bits per heavy atom. The van der Waals surface area contributed by atoms with Gasteiger partial charge in [0, 0.05) is 5.69 Å². The van der Waals surface area contributed by atoms with Crippen molar-refractivity contribution in [2.45, 2.75) is 13.0 Å². The zero-order valence-electron chi connectivity index (χ0n) is 14.9. The van der Waals surface area contributed by atoms with Crippen molar-refractivity contribution in [1.29, 1.82) is 0 Å². The Balaban J connectivity index is 1.36. The standard InChI is InChI=1S/C22H16N4O2/c27-21(13-26-22(28)19-7-3-4-8-20(19)24-25-26)23-16-9-10-18-15(12-16)11-14-5-1-2-6-17(14)18/h1-10,12H,11,13H2,(H,23,27). The van der Waals surface area contributed by atoms with Crippen molar-refractivity contribution >= 4 is 22.5 Å². The van der Waals surface area contributed by atoms with Gasteiger partial charge in [0.05, 0.1) is 5.39 Å². The van der Waals surface area contributed by atoms with Crippen LogP contribution in [0.15, 0.2) is 71.5 Å². The first-order valence-electron chi connectivity index (χ1n) is 9.03. The first-order chi connectivity index (χ1) is 13.7. The van der Waals surface area contributed by atoms with Gasteiger partial charge in [0.15, 0.2) is 0 Å². The van der Waals surface area contributed by atoms with Crippen molar-refractivity contribution in [3.8, 4) is 11.1 Å². The minimum Gasteiger partial charge on any atom is -0.324 e. The molecular formula is C22H16N4O2. The van der Waals surface area contributed by atoms with E-state index < -0.39 is 0 Å². The van der Waals surface area contributed by atoms with E-state index in [2.05, 4.69) is 27.8 Å². The number of benzene rings is 3. The Labute approximate surface area is 160 Å². The van der Waals surface area contributed by atoms with Gasteiger partial charge in [0.25, 0.3) is 5.56 Å². The number of fused-ring (bicyclic) bond motifs is 4. The van der Waals surface area contributed by atoms with Crippen LogP contribution in [0.1, 0.15) is 11.1 Å². The number of anilines is 1. The molecule has 4 aromatic rings. The van der Waals surface area contributed by atoms with Crippen molar-refractivity contribution in [2.75, 3.05) is 5.32 Å². The van der Waals surface area contributed by atoms with E-state index in [9.17, 15) is 9.59 Å². The van der Waals surface area contributed by atoms with E-state index in [-0.39, 0.29) is 18.0 Å². The molecule has 3 aromatic carbocycles. The molecule has 6 nitrogen and oxygen atoms in total. The number of carbonyl (C=O) groups excluding carboxylic acids is 1. The molecule has 0 unspecified atom stereocenters. The van der Waals surface area contributed by atoms with E-state index >= 15 is 0 Å². The van der Waals surface area contributed by atoms with Crippen LogP contribution in [0.3, 0.4) is 0 Å². The van der Waals surface area contributed by atoms with E-state index in [1.54, 1.807) is 24.3 Å². The Bertz CT molecular complexity index is 1290. The predicted octanol–water partition coefficient (Wildman–Crippen LogP) is 3.00. The van der Waals surface area contributed by atoms with Crippen LogP contribution in [-0.2, 0) is 17.8 Å². The number of amides is 1. The van der Waals surface area contributed by atoms with Gasteiger partial charge in [-0.2, -0.15) is 0 Å². The molecule has 0 radical (unpaired) electrons. The molecule has 0 spiro atoms. The van der Waals surface area contributed by atoms with Gasteiger partial charge in [-0.25, -0.2) is 4.68 Å². The average Bonchev–Trinajstić information content (AvgIpc) is 3.08. The van der Waals surface area contributed by atoms with Crippen LogP contribution in [-0.4, -0.2) is 20.9 Å². The number of carbonyl (C=O) groups is 1. The highest BCUT2D eigenvalue weighted by Gasteiger charge is 2.18. The van der Waals surface area contributed by atoms with E-state index in [1.165, 1.54) is 22.3 Å². The lowest BCUT2D eigenvalue weighted by Gasteiger charge is -2.08. The summed E-state index contributed by atoms with van der Waals surface area (Å²) in [7, 11) is 0. The molecule has 0 saturated carbocycles. The van der Waals surface area contributed by atoms with Gasteiger partial charge in [0.2, 0.25) is 5.91 Å². The van der Waals surface area contributed by atoms with Gasteiger partial charge in [0.1, 0.15) is 12.1 Å². The van der Waals surface area contributed by atoms with Crippen LogP contribution >= 0.6 is 0 Å². The highest BCUT2D eigenvalue weighted by Crippen LogP contribution is 2.37. The first kappa shape index (κ1) is 16.4. The quantitative estimate of drug-likeness (QED) is 0.531. The van der Waals surface area contributed by atoms with Crippen LogP contribution in [0, 0.1) is 0 Å². The summed E-state index contributed by atoms with van der Waals surface area (Å²) in [5.74, 6) is -0.317. The van der Waals surface area contributed by atoms with Crippen LogP contribution in [0.5, 0.6) is 0 Å². The second-order valence-electron chi connectivity index (χ2n) is 6.82. The van der Waals surface area contributed by atoms with Crippen LogP contribution in [0.4, 0.5) is 5.69 Å². The number of rotatable bonds is 3. The summed E-state index contributed by atoms with van der Waals surface area (Å²) in [5, 5.41) is 11.2. The van der Waals surface area contributed by atoms with Crippen molar-refractivity contribution < 1.29 is 4.79 Å². The Morgan fingerprint density at radius 1 is 0.964 bits per heavy atom. The topological polar surface area (TPSA) is 76.9 Å². The molecule has 0 bridgehead atoms. The Kier molecular flexibility index (Phi) is 3.76. The third-order valence-corrected chi connectivity index (χ3v) is 5.00. The normalized spacial score (nSPS) is 11.9. The number of nitrogens with one attached hydrogen (secondary N) is 1. The van der Waals surface area contributed by atoms with E-state index in [1.807, 2.05) is 30.3 Å². The van der Waals surface area contributed by atoms with Gasteiger partial charge in [-0.15, -0.1) is 5.10 Å². The minimum absolute atomic E-state index is 0.187. The number of hydrogen-bond donors (Lipinski definition) is 1. The fraction of sp³-hybridized carbons (Fsp3) is 0.0909. The molecule has 1 aliphatic rings. The average molecular weight is 368 g/mol. The van der Waals surface area contributed by atoms with Gasteiger partial charge in [-0.05, 0) is 52.9 Å². The molecular weight excluding hydrogens is 352 g/mol. The lowest BCUT2D eigenvalue weighted by Crippen LogP contribution is -2.30. The predicted molar refractivity (Wildman–Crippen MR) is 107 cm³/mol. The molecule has 1 aliphatic carbocycles. The summed E-state index contributed by atoms with van der Waals surface area (Å²) in [5.41, 5.74) is 5.81. The molecule has 0 fully saturated rings. The number of nitrogens with zero attached hydrogens (tertiary/aromatic N) is 3. The third-order valence-electron chi connectivity index (χ3n) is 5.00. The molecule has 136 valence electrons. The van der Waals surface area contributed by atoms with Gasteiger partial charge in [-0.1, -0.05) is 47.7 Å². The van der Waals surface area contributed by atoms with E-state index in [4.69, 9.17) is 0 Å². The Hall–Kier alpha value is -3.80. The fourth-order valence-corrected chi connectivity index (χ4v) is 3.69. The molecule has 0 atom stereocenters. The van der Waals surface area contributed by atoms with Crippen LogP contribution < -0.4 is 10.9 Å². The first-order valence-corrected chi connectivity index (χ1v) is 9.03. The summed E-state index contributed by atoms with van der Waals surface area (Å²) in [6.07, 6.45) is 0.852. The molecule has 1 aromatic heterocycles. The number of hydrogen-bond acceptors (Lipinski definition) is 4. The van der Waals surface area contributed by atoms with Gasteiger partial charge < -0.3 is 5.32 Å². The Morgan fingerprint density at radius 3 is 2.68 bits per heavy atom. The summed E-state index contributed by atoms with van der Waals surface area (Å²) in [4.78, 5) is 24.9. The van der Waals surface area contributed by atoms with E-state index in [0.29, 0.717) is 16.6 Å². The van der Waals surface area contributed by atoms with E-state index in [0.717, 1.165) is 11.1 Å². The lowest BCUT2D eigenvalue weighted by atomic mass is 10.1. The summed E-state index contributed by atoms with van der Waals surface area (Å²) >= 11 is 0. The molecule has 6 heteroatoms. The highest BCUT2D eigenvalue weighted by atomic mass is 16.2. The summed E-state index contributed by atoms with van der Waals surface area (Å²) < 4.78 is 1.08. The molecule has 1 heterocycles. The summed E-state index contributed by atoms with van der Waals surface area (Å²) in [6.45, 7) is -0.187. The molecule has 1 N–H and O–H groups in total. The second-order valence-corrected chi connectivity index (χ2v) is 6.82. The number of aromatic nitrogens is 3. The molecule has 5 rings (SSSR count). The summed E-state index contributed by atoms with van der Waals surface area (Å²) in [6, 6.07) is 21.2. The zero-order valence-corrected chi connectivity index (χ0v) is 14.9. The highest BCUT2D eigenvalue weighted by molar-refractivity contribution is 5.91. The monoisotopic (exact) mass is 368 g/mol. The third kappa shape index (κ3) is 2.75.